The maximum absolute atomic E-state index is 13.0. The molecule has 3 heterocycles. The molecule has 4 aromatic rings. The summed E-state index contributed by atoms with van der Waals surface area (Å²) in [4.78, 5) is 17.9. The van der Waals surface area contributed by atoms with E-state index in [1.807, 2.05) is 30.3 Å². The number of alkyl halides is 3. The molecule has 0 aliphatic carbocycles. The number of hydrogen-bond donors (Lipinski definition) is 2. The van der Waals surface area contributed by atoms with E-state index in [0.29, 0.717) is 5.52 Å². The van der Waals surface area contributed by atoms with E-state index in [4.69, 9.17) is 0 Å². The molecule has 126 valence electrons. The van der Waals surface area contributed by atoms with E-state index in [1.54, 1.807) is 6.20 Å². The van der Waals surface area contributed by atoms with E-state index < -0.39 is 12.0 Å². The third kappa shape index (κ3) is 2.84. The van der Waals surface area contributed by atoms with Crippen LogP contribution in [-0.4, -0.2) is 24.9 Å². The third-order valence-corrected chi connectivity index (χ3v) is 3.70. The molecule has 0 unspecified atom stereocenters. The minimum atomic E-state index is -4.65. The van der Waals surface area contributed by atoms with Gasteiger partial charge in [-0.05, 0) is 11.6 Å². The number of nitrogens with one attached hydrogen (secondary N) is 2. The molecule has 6 nitrogen and oxygen atoms in total. The minimum Gasteiger partial charge on any atom is -0.364 e. The van der Waals surface area contributed by atoms with Crippen molar-refractivity contribution in [2.75, 3.05) is 5.32 Å². The van der Waals surface area contributed by atoms with Crippen molar-refractivity contribution in [3.63, 3.8) is 0 Å². The Morgan fingerprint density at radius 2 is 1.88 bits per heavy atom. The zero-order valence-electron chi connectivity index (χ0n) is 12.7. The van der Waals surface area contributed by atoms with Crippen LogP contribution in [0.25, 0.3) is 22.1 Å². The smallest absolute Gasteiger partial charge is 0.364 e. The van der Waals surface area contributed by atoms with Gasteiger partial charge in [-0.15, -0.1) is 0 Å². The van der Waals surface area contributed by atoms with Gasteiger partial charge < -0.3 is 10.3 Å². The van der Waals surface area contributed by atoms with E-state index in [0.717, 1.165) is 16.5 Å². The van der Waals surface area contributed by atoms with Crippen molar-refractivity contribution >= 4 is 27.9 Å². The lowest BCUT2D eigenvalue weighted by atomic mass is 10.1. The lowest BCUT2D eigenvalue weighted by Crippen LogP contribution is -2.13. The van der Waals surface area contributed by atoms with Gasteiger partial charge in [0.05, 0.1) is 11.8 Å². The first-order valence-corrected chi connectivity index (χ1v) is 7.37. The lowest BCUT2D eigenvalue weighted by molar-refractivity contribution is -0.144. The van der Waals surface area contributed by atoms with Gasteiger partial charge in [-0.1, -0.05) is 24.3 Å². The Kier molecular flexibility index (Phi) is 3.48. The van der Waals surface area contributed by atoms with Crippen molar-refractivity contribution in [2.45, 2.75) is 12.7 Å². The number of rotatable bonds is 3. The van der Waals surface area contributed by atoms with Gasteiger partial charge >= 0.3 is 6.18 Å². The molecule has 25 heavy (non-hydrogen) atoms. The highest BCUT2D eigenvalue weighted by Crippen LogP contribution is 2.29. The number of aromatic amines is 1. The van der Waals surface area contributed by atoms with E-state index in [9.17, 15) is 13.2 Å². The fraction of sp³-hybridized carbons (Fsp3) is 0.125. The van der Waals surface area contributed by atoms with Crippen LogP contribution in [0.4, 0.5) is 19.0 Å². The fourth-order valence-corrected chi connectivity index (χ4v) is 2.58. The van der Waals surface area contributed by atoms with Gasteiger partial charge in [-0.3, -0.25) is 4.98 Å². The molecule has 9 heteroatoms. The molecule has 0 saturated carbocycles. The standard InChI is InChI=1S/C16H11F3N6/c17-16(18,19)15-24-13(12-14(25-15)23-8-22-12)21-7-10-4-1-3-9-5-2-6-20-11(9)10/h1-6,8H,7H2,(H2,21,22,23,24,25). The maximum Gasteiger partial charge on any atom is 0.451 e. The summed E-state index contributed by atoms with van der Waals surface area (Å²) < 4.78 is 38.9. The third-order valence-electron chi connectivity index (χ3n) is 3.70. The average molecular weight is 344 g/mol. The number of halogens is 3. The number of anilines is 1. The molecule has 0 amide bonds. The normalized spacial score (nSPS) is 12.0. The fourth-order valence-electron chi connectivity index (χ4n) is 2.58. The van der Waals surface area contributed by atoms with Gasteiger partial charge in [0, 0.05) is 18.1 Å². The molecule has 0 aliphatic rings. The number of fused-ring (bicyclic) bond motifs is 2. The van der Waals surface area contributed by atoms with Crippen LogP contribution in [0.1, 0.15) is 11.4 Å². The van der Waals surface area contributed by atoms with Gasteiger partial charge in [0.25, 0.3) is 0 Å². The van der Waals surface area contributed by atoms with Crippen molar-refractivity contribution in [1.29, 1.82) is 0 Å². The largest absolute Gasteiger partial charge is 0.451 e. The number of nitrogens with zero attached hydrogens (tertiary/aromatic N) is 4. The number of imidazole rings is 1. The summed E-state index contributed by atoms with van der Waals surface area (Å²) >= 11 is 0. The van der Waals surface area contributed by atoms with Crippen molar-refractivity contribution in [1.82, 2.24) is 24.9 Å². The second kappa shape index (κ2) is 5.69. The number of benzene rings is 1. The Morgan fingerprint density at radius 3 is 2.72 bits per heavy atom. The summed E-state index contributed by atoms with van der Waals surface area (Å²) in [5.74, 6) is -1.19. The first-order chi connectivity index (χ1) is 12.0. The molecule has 0 bridgehead atoms. The average Bonchev–Trinajstić information content (AvgIpc) is 3.07. The Bertz CT molecular complexity index is 1050. The highest BCUT2D eigenvalue weighted by atomic mass is 19.4. The number of hydrogen-bond acceptors (Lipinski definition) is 5. The molecule has 0 radical (unpaired) electrons. The van der Waals surface area contributed by atoms with Crippen LogP contribution in [-0.2, 0) is 12.7 Å². The Labute approximate surface area is 139 Å². The Balaban J connectivity index is 1.72. The van der Waals surface area contributed by atoms with Gasteiger partial charge in [-0.2, -0.15) is 13.2 Å². The monoisotopic (exact) mass is 344 g/mol. The second-order valence-electron chi connectivity index (χ2n) is 5.34. The molecule has 1 aromatic carbocycles. The molecule has 0 aliphatic heterocycles. The van der Waals surface area contributed by atoms with Gasteiger partial charge in [0.1, 0.15) is 5.52 Å². The lowest BCUT2D eigenvalue weighted by Gasteiger charge is -2.11. The molecule has 0 fully saturated rings. The van der Waals surface area contributed by atoms with E-state index in [1.165, 1.54) is 6.33 Å². The van der Waals surface area contributed by atoms with Crippen LogP contribution in [0, 0.1) is 0 Å². The molecule has 0 atom stereocenters. The van der Waals surface area contributed by atoms with Crippen LogP contribution in [0.3, 0.4) is 0 Å². The number of pyridine rings is 1. The summed E-state index contributed by atoms with van der Waals surface area (Å²) in [7, 11) is 0. The molecule has 2 N–H and O–H groups in total. The Hall–Kier alpha value is -3.23. The van der Waals surface area contributed by atoms with Gasteiger partial charge in [0.2, 0.25) is 5.82 Å². The zero-order chi connectivity index (χ0) is 17.4. The highest BCUT2D eigenvalue weighted by Gasteiger charge is 2.36. The minimum absolute atomic E-state index is 0.0409. The molecule has 4 rings (SSSR count). The van der Waals surface area contributed by atoms with E-state index >= 15 is 0 Å². The van der Waals surface area contributed by atoms with Gasteiger partial charge in [-0.25, -0.2) is 15.0 Å². The number of H-pyrrole nitrogens is 1. The zero-order valence-corrected chi connectivity index (χ0v) is 12.7. The summed E-state index contributed by atoms with van der Waals surface area (Å²) in [6.07, 6.45) is -1.69. The van der Waals surface area contributed by atoms with Crippen molar-refractivity contribution in [3.05, 3.63) is 54.2 Å². The topological polar surface area (TPSA) is 79.4 Å². The highest BCUT2D eigenvalue weighted by molar-refractivity contribution is 5.84. The summed E-state index contributed by atoms with van der Waals surface area (Å²) in [6.45, 7) is 0.261. The molecular formula is C16H11F3N6. The Morgan fingerprint density at radius 1 is 1.04 bits per heavy atom. The summed E-state index contributed by atoms with van der Waals surface area (Å²) in [5.41, 5.74) is 1.91. The predicted octanol–water partition coefficient (Wildman–Crippen LogP) is 3.53. The number of para-hydroxylation sites is 1. The van der Waals surface area contributed by atoms with Gasteiger partial charge in [0.15, 0.2) is 11.5 Å². The second-order valence-corrected chi connectivity index (χ2v) is 5.34. The number of aromatic nitrogens is 5. The van der Waals surface area contributed by atoms with Crippen LogP contribution in [0.5, 0.6) is 0 Å². The van der Waals surface area contributed by atoms with E-state index in [2.05, 4.69) is 30.2 Å². The van der Waals surface area contributed by atoms with Crippen molar-refractivity contribution in [3.8, 4) is 0 Å². The first-order valence-electron chi connectivity index (χ1n) is 7.37. The van der Waals surface area contributed by atoms with Crippen LogP contribution < -0.4 is 5.32 Å². The van der Waals surface area contributed by atoms with Crippen LogP contribution >= 0.6 is 0 Å². The summed E-state index contributed by atoms with van der Waals surface area (Å²) in [5, 5.41) is 3.88. The predicted molar refractivity (Wildman–Crippen MR) is 85.8 cm³/mol. The first kappa shape index (κ1) is 15.3. The van der Waals surface area contributed by atoms with Crippen molar-refractivity contribution < 1.29 is 13.2 Å². The summed E-state index contributed by atoms with van der Waals surface area (Å²) in [6, 6.07) is 9.40. The van der Waals surface area contributed by atoms with E-state index in [-0.39, 0.29) is 18.0 Å². The molecule has 3 aromatic heterocycles. The van der Waals surface area contributed by atoms with Crippen LogP contribution in [0.15, 0.2) is 42.9 Å². The van der Waals surface area contributed by atoms with Crippen LogP contribution in [0.2, 0.25) is 0 Å². The molecule has 0 saturated heterocycles. The SMILES string of the molecule is FC(F)(F)c1nc(NCc2cccc3cccnc23)c2[nH]cnc2n1. The maximum atomic E-state index is 13.0. The molecule has 0 spiro atoms. The van der Waals surface area contributed by atoms with Crippen molar-refractivity contribution in [2.24, 2.45) is 0 Å². The molecular weight excluding hydrogens is 333 g/mol. The quantitative estimate of drug-likeness (QED) is 0.594.